The summed E-state index contributed by atoms with van der Waals surface area (Å²) in [6, 6.07) is -0.533. The third-order valence-electron chi connectivity index (χ3n) is 2.97. The van der Waals surface area contributed by atoms with Crippen LogP contribution in [-0.4, -0.2) is 24.5 Å². The van der Waals surface area contributed by atoms with Crippen molar-refractivity contribution in [2.24, 2.45) is 5.92 Å². The minimum absolute atomic E-state index is 0.000234. The Labute approximate surface area is 96.7 Å². The van der Waals surface area contributed by atoms with Crippen LogP contribution < -0.4 is 5.32 Å². The van der Waals surface area contributed by atoms with E-state index < -0.39 is 6.04 Å². The molecule has 0 aromatic heterocycles. The van der Waals surface area contributed by atoms with Crippen molar-refractivity contribution in [1.29, 1.82) is 0 Å². The number of nitrogens with one attached hydrogen (secondary N) is 1. The van der Waals surface area contributed by atoms with E-state index in [-0.39, 0.29) is 17.8 Å². The van der Waals surface area contributed by atoms with Crippen LogP contribution in [0, 0.1) is 5.92 Å². The van der Waals surface area contributed by atoms with Gasteiger partial charge in [0.1, 0.15) is 6.04 Å². The maximum Gasteiger partial charge on any atom is 0.328 e. The van der Waals surface area contributed by atoms with Crippen LogP contribution >= 0.6 is 0 Å². The van der Waals surface area contributed by atoms with Gasteiger partial charge in [0.25, 0.3) is 0 Å². The highest BCUT2D eigenvalue weighted by Crippen LogP contribution is 2.23. The van der Waals surface area contributed by atoms with E-state index in [1.54, 1.807) is 13.8 Å². The highest BCUT2D eigenvalue weighted by atomic mass is 16.5. The molecule has 0 saturated heterocycles. The van der Waals surface area contributed by atoms with Crippen LogP contribution in [0.4, 0.5) is 0 Å². The second-order valence-corrected chi connectivity index (χ2v) is 4.32. The molecule has 4 heteroatoms. The van der Waals surface area contributed by atoms with Crippen molar-refractivity contribution >= 4 is 11.9 Å². The van der Waals surface area contributed by atoms with Gasteiger partial charge in [0, 0.05) is 5.92 Å². The number of esters is 1. The van der Waals surface area contributed by atoms with Crippen LogP contribution in [0.1, 0.15) is 46.0 Å². The molecule has 1 saturated carbocycles. The van der Waals surface area contributed by atoms with Crippen LogP contribution in [0.2, 0.25) is 0 Å². The zero-order chi connectivity index (χ0) is 12.0. The van der Waals surface area contributed by atoms with Crippen LogP contribution in [0.5, 0.6) is 0 Å². The van der Waals surface area contributed by atoms with Crippen molar-refractivity contribution < 1.29 is 14.3 Å². The van der Waals surface area contributed by atoms with Crippen LogP contribution in [-0.2, 0) is 14.3 Å². The fraction of sp³-hybridized carbons (Fsp3) is 0.833. The number of amides is 1. The molecule has 1 fully saturated rings. The van der Waals surface area contributed by atoms with Gasteiger partial charge in [-0.3, -0.25) is 4.79 Å². The van der Waals surface area contributed by atoms with E-state index in [0.29, 0.717) is 6.61 Å². The van der Waals surface area contributed by atoms with Gasteiger partial charge in [-0.15, -0.1) is 0 Å². The molecule has 1 N–H and O–H groups in total. The SMILES string of the molecule is CCOC(=O)[C@H](C)NC(=O)C1CCCCC1. The summed E-state index contributed by atoms with van der Waals surface area (Å²) in [4.78, 5) is 23.1. The first kappa shape index (κ1) is 13.0. The number of carbonyl (C=O) groups excluding carboxylic acids is 2. The van der Waals surface area contributed by atoms with Gasteiger partial charge in [0.05, 0.1) is 6.61 Å². The topological polar surface area (TPSA) is 55.4 Å². The molecular formula is C12H21NO3. The molecule has 1 rings (SSSR count). The molecule has 0 heterocycles. The summed E-state index contributed by atoms with van der Waals surface area (Å²) in [6.45, 7) is 3.77. The summed E-state index contributed by atoms with van der Waals surface area (Å²) in [7, 11) is 0. The standard InChI is InChI=1S/C12H21NO3/c1-3-16-12(15)9(2)13-11(14)10-7-5-4-6-8-10/h9-10H,3-8H2,1-2H3,(H,13,14)/t9-/m0/s1. The van der Waals surface area contributed by atoms with Gasteiger partial charge in [-0.2, -0.15) is 0 Å². The summed E-state index contributed by atoms with van der Waals surface area (Å²) in [6.07, 6.45) is 5.34. The number of ether oxygens (including phenoxy) is 1. The average molecular weight is 227 g/mol. The largest absolute Gasteiger partial charge is 0.464 e. The van der Waals surface area contributed by atoms with E-state index in [1.165, 1.54) is 6.42 Å². The molecule has 0 bridgehead atoms. The van der Waals surface area contributed by atoms with Crippen LogP contribution in [0.25, 0.3) is 0 Å². The van der Waals surface area contributed by atoms with E-state index in [2.05, 4.69) is 5.32 Å². The Morgan fingerprint density at radius 1 is 1.31 bits per heavy atom. The van der Waals surface area contributed by atoms with Crippen LogP contribution in [0.3, 0.4) is 0 Å². The van der Waals surface area contributed by atoms with E-state index in [4.69, 9.17) is 4.74 Å². The molecule has 1 atom stereocenters. The van der Waals surface area contributed by atoms with Crippen molar-refractivity contribution in [2.45, 2.75) is 52.0 Å². The Hall–Kier alpha value is -1.06. The Morgan fingerprint density at radius 2 is 1.94 bits per heavy atom. The van der Waals surface area contributed by atoms with E-state index in [0.717, 1.165) is 25.7 Å². The average Bonchev–Trinajstić information content (AvgIpc) is 2.30. The number of hydrogen-bond acceptors (Lipinski definition) is 3. The van der Waals surface area contributed by atoms with Gasteiger partial charge in [-0.25, -0.2) is 4.79 Å². The van der Waals surface area contributed by atoms with E-state index in [9.17, 15) is 9.59 Å². The van der Waals surface area contributed by atoms with Gasteiger partial charge in [-0.05, 0) is 26.7 Å². The van der Waals surface area contributed by atoms with Crippen LogP contribution in [0.15, 0.2) is 0 Å². The molecule has 1 aliphatic rings. The number of hydrogen-bond donors (Lipinski definition) is 1. The van der Waals surface area contributed by atoms with Gasteiger partial charge in [-0.1, -0.05) is 19.3 Å². The first-order valence-electron chi connectivity index (χ1n) is 6.12. The number of rotatable bonds is 4. The summed E-state index contributed by atoms with van der Waals surface area (Å²) in [5.74, 6) is -0.266. The molecular weight excluding hydrogens is 206 g/mol. The normalized spacial score (nSPS) is 18.9. The van der Waals surface area contributed by atoms with Gasteiger partial charge in [0.15, 0.2) is 0 Å². The second-order valence-electron chi connectivity index (χ2n) is 4.32. The minimum atomic E-state index is -0.533. The molecule has 1 amide bonds. The lowest BCUT2D eigenvalue weighted by Gasteiger charge is -2.22. The molecule has 0 unspecified atom stereocenters. The quantitative estimate of drug-likeness (QED) is 0.743. The van der Waals surface area contributed by atoms with Crippen molar-refractivity contribution in [3.8, 4) is 0 Å². The zero-order valence-electron chi connectivity index (χ0n) is 10.1. The summed E-state index contributed by atoms with van der Waals surface area (Å²) in [5.41, 5.74) is 0. The summed E-state index contributed by atoms with van der Waals surface area (Å²) >= 11 is 0. The second kappa shape index (κ2) is 6.51. The Bertz CT molecular complexity index is 247. The monoisotopic (exact) mass is 227 g/mol. The third-order valence-corrected chi connectivity index (χ3v) is 2.97. The predicted octanol–water partition coefficient (Wildman–Crippen LogP) is 1.63. The molecule has 0 aromatic carbocycles. The minimum Gasteiger partial charge on any atom is -0.464 e. The predicted molar refractivity (Wildman–Crippen MR) is 60.8 cm³/mol. The zero-order valence-corrected chi connectivity index (χ0v) is 10.1. The van der Waals surface area contributed by atoms with Crippen molar-refractivity contribution in [3.05, 3.63) is 0 Å². The molecule has 1 aliphatic carbocycles. The van der Waals surface area contributed by atoms with Gasteiger partial charge >= 0.3 is 5.97 Å². The van der Waals surface area contributed by atoms with Gasteiger partial charge in [0.2, 0.25) is 5.91 Å². The Morgan fingerprint density at radius 3 is 2.50 bits per heavy atom. The Kier molecular flexibility index (Phi) is 5.29. The lowest BCUT2D eigenvalue weighted by molar-refractivity contribution is -0.147. The molecule has 0 spiro atoms. The molecule has 0 aliphatic heterocycles. The number of carbonyl (C=O) groups is 2. The third kappa shape index (κ3) is 3.83. The molecule has 0 radical (unpaired) electrons. The smallest absolute Gasteiger partial charge is 0.328 e. The molecule has 0 aromatic rings. The maximum atomic E-state index is 11.8. The van der Waals surface area contributed by atoms with Gasteiger partial charge < -0.3 is 10.1 Å². The first-order chi connectivity index (χ1) is 7.65. The first-order valence-corrected chi connectivity index (χ1v) is 6.12. The molecule has 92 valence electrons. The fourth-order valence-corrected chi connectivity index (χ4v) is 2.02. The maximum absolute atomic E-state index is 11.8. The lowest BCUT2D eigenvalue weighted by atomic mass is 9.88. The molecule has 4 nitrogen and oxygen atoms in total. The Balaban J connectivity index is 2.34. The fourth-order valence-electron chi connectivity index (χ4n) is 2.02. The lowest BCUT2D eigenvalue weighted by Crippen LogP contribution is -2.43. The molecule has 16 heavy (non-hydrogen) atoms. The summed E-state index contributed by atoms with van der Waals surface area (Å²) in [5, 5.41) is 2.72. The van der Waals surface area contributed by atoms with Crippen molar-refractivity contribution in [1.82, 2.24) is 5.32 Å². The van der Waals surface area contributed by atoms with Crippen molar-refractivity contribution in [3.63, 3.8) is 0 Å². The van der Waals surface area contributed by atoms with E-state index in [1.807, 2.05) is 0 Å². The van der Waals surface area contributed by atoms with E-state index >= 15 is 0 Å². The highest BCUT2D eigenvalue weighted by molar-refractivity contribution is 5.85. The van der Waals surface area contributed by atoms with Crippen molar-refractivity contribution in [2.75, 3.05) is 6.61 Å². The summed E-state index contributed by atoms with van der Waals surface area (Å²) < 4.78 is 4.84. The highest BCUT2D eigenvalue weighted by Gasteiger charge is 2.24.